The molecule has 160 valence electrons. The van der Waals surface area contributed by atoms with Crippen molar-refractivity contribution in [3.63, 3.8) is 0 Å². The summed E-state index contributed by atoms with van der Waals surface area (Å²) >= 11 is 0. The van der Waals surface area contributed by atoms with E-state index in [2.05, 4.69) is 0 Å². The number of phenols is 3. The summed E-state index contributed by atoms with van der Waals surface area (Å²) in [6.45, 7) is 0. The molecule has 0 aliphatic heterocycles. The van der Waals surface area contributed by atoms with Crippen LogP contribution in [0.25, 0.3) is 0 Å². The lowest BCUT2D eigenvalue weighted by Crippen LogP contribution is -2.15. The number of hydrogen-bond donors (Lipinski definition) is 3. The lowest BCUT2D eigenvalue weighted by molar-refractivity contribution is 0.0814. The van der Waals surface area contributed by atoms with E-state index >= 15 is 0 Å². The molecule has 0 radical (unpaired) electrons. The average Bonchev–Trinajstić information content (AvgIpc) is 2.81. The largest absolute Gasteiger partial charge is 0.504 e. The fraction of sp³-hybridized carbons (Fsp3) is 0.167. The lowest BCUT2D eigenvalue weighted by Gasteiger charge is -2.12. The molecule has 0 bridgehead atoms. The standard InChI is InChI=1S/C24H22O7/c1-30-17-7-3-5-14(11-17)9-10-16-13-19(23(28)24(29)21(16)26)22(27)20(25)15-6-4-8-18(12-15)31-2/h3-8,11-13,26,28-29H,9-10H2,1-2H3. The molecule has 3 aromatic carbocycles. The first-order valence-electron chi connectivity index (χ1n) is 9.48. The molecule has 3 rings (SSSR count). The summed E-state index contributed by atoms with van der Waals surface area (Å²) in [7, 11) is 2.99. The zero-order valence-corrected chi connectivity index (χ0v) is 17.1. The SMILES string of the molecule is COc1cccc(CCc2cc(C(=O)C(=O)c3cccc(OC)c3)c(O)c(O)c2O)c1. The maximum absolute atomic E-state index is 12.8. The van der Waals surface area contributed by atoms with Crippen LogP contribution in [0.5, 0.6) is 28.7 Å². The third-order valence-corrected chi connectivity index (χ3v) is 4.93. The van der Waals surface area contributed by atoms with Gasteiger partial charge in [0.1, 0.15) is 11.5 Å². The van der Waals surface area contributed by atoms with Gasteiger partial charge in [0.25, 0.3) is 0 Å². The highest BCUT2D eigenvalue weighted by Gasteiger charge is 2.26. The number of carbonyl (C=O) groups is 2. The van der Waals surface area contributed by atoms with Gasteiger partial charge in [-0.05, 0) is 54.3 Å². The van der Waals surface area contributed by atoms with Crippen molar-refractivity contribution >= 4 is 11.6 Å². The summed E-state index contributed by atoms with van der Waals surface area (Å²) in [4.78, 5) is 25.4. The minimum atomic E-state index is -1.01. The van der Waals surface area contributed by atoms with Crippen molar-refractivity contribution in [2.75, 3.05) is 14.2 Å². The number of carbonyl (C=O) groups excluding carboxylic acids is 2. The lowest BCUT2D eigenvalue weighted by atomic mass is 9.95. The summed E-state index contributed by atoms with van der Waals surface area (Å²) < 4.78 is 10.3. The van der Waals surface area contributed by atoms with Crippen molar-refractivity contribution in [3.8, 4) is 28.7 Å². The van der Waals surface area contributed by atoms with Gasteiger partial charge in [-0.1, -0.05) is 24.3 Å². The van der Waals surface area contributed by atoms with Crippen LogP contribution in [0.1, 0.15) is 31.8 Å². The van der Waals surface area contributed by atoms with Gasteiger partial charge in [0.15, 0.2) is 11.5 Å². The second kappa shape index (κ2) is 9.21. The molecule has 7 nitrogen and oxygen atoms in total. The van der Waals surface area contributed by atoms with Gasteiger partial charge in [-0.3, -0.25) is 9.59 Å². The molecule has 7 heteroatoms. The number of rotatable bonds is 8. The first kappa shape index (κ1) is 21.7. The number of ether oxygens (including phenoxy) is 2. The second-order valence-corrected chi connectivity index (χ2v) is 6.87. The monoisotopic (exact) mass is 422 g/mol. The fourth-order valence-corrected chi connectivity index (χ4v) is 3.19. The molecule has 0 saturated heterocycles. The predicted molar refractivity (Wildman–Crippen MR) is 113 cm³/mol. The van der Waals surface area contributed by atoms with Crippen LogP contribution in [0, 0.1) is 0 Å². The first-order valence-corrected chi connectivity index (χ1v) is 9.48. The quantitative estimate of drug-likeness (QED) is 0.288. The zero-order chi connectivity index (χ0) is 22.5. The number of aromatic hydroxyl groups is 3. The molecule has 31 heavy (non-hydrogen) atoms. The van der Waals surface area contributed by atoms with Crippen LogP contribution in [0.2, 0.25) is 0 Å². The van der Waals surface area contributed by atoms with Crippen molar-refractivity contribution in [1.29, 1.82) is 0 Å². The Morgan fingerprint density at radius 2 is 1.39 bits per heavy atom. The second-order valence-electron chi connectivity index (χ2n) is 6.87. The summed E-state index contributed by atoms with van der Waals surface area (Å²) in [5.74, 6) is -3.04. The van der Waals surface area contributed by atoms with Gasteiger partial charge in [0.05, 0.1) is 19.8 Å². The molecule has 0 atom stereocenters. The van der Waals surface area contributed by atoms with Gasteiger partial charge in [-0.25, -0.2) is 0 Å². The zero-order valence-electron chi connectivity index (χ0n) is 17.1. The van der Waals surface area contributed by atoms with Gasteiger partial charge in [-0.2, -0.15) is 0 Å². The van der Waals surface area contributed by atoms with Gasteiger partial charge in [-0.15, -0.1) is 0 Å². The highest BCUT2D eigenvalue weighted by atomic mass is 16.5. The van der Waals surface area contributed by atoms with E-state index in [1.54, 1.807) is 25.3 Å². The van der Waals surface area contributed by atoms with Crippen molar-refractivity contribution in [2.45, 2.75) is 12.8 Å². The number of hydrogen-bond acceptors (Lipinski definition) is 7. The van der Waals surface area contributed by atoms with Gasteiger partial charge >= 0.3 is 0 Å². The molecule has 3 aromatic rings. The van der Waals surface area contributed by atoms with Crippen molar-refractivity contribution in [1.82, 2.24) is 0 Å². The molecule has 0 heterocycles. The fourth-order valence-electron chi connectivity index (χ4n) is 3.19. The first-order chi connectivity index (χ1) is 14.8. The van der Waals surface area contributed by atoms with Gasteiger partial charge in [0.2, 0.25) is 17.3 Å². The Morgan fingerprint density at radius 1 is 0.742 bits per heavy atom. The van der Waals surface area contributed by atoms with E-state index in [0.29, 0.717) is 17.9 Å². The third-order valence-electron chi connectivity index (χ3n) is 4.93. The maximum Gasteiger partial charge on any atom is 0.237 e. The number of methoxy groups -OCH3 is 2. The van der Waals surface area contributed by atoms with Crippen molar-refractivity contribution in [3.05, 3.63) is 76.9 Å². The van der Waals surface area contributed by atoms with Crippen molar-refractivity contribution in [2.24, 2.45) is 0 Å². The van der Waals surface area contributed by atoms with E-state index in [0.717, 1.165) is 5.56 Å². The normalized spacial score (nSPS) is 10.5. The van der Waals surface area contributed by atoms with Crippen LogP contribution < -0.4 is 9.47 Å². The third kappa shape index (κ3) is 4.61. The molecule has 0 amide bonds. The highest BCUT2D eigenvalue weighted by Crippen LogP contribution is 2.41. The minimum Gasteiger partial charge on any atom is -0.504 e. The average molecular weight is 422 g/mol. The number of aryl methyl sites for hydroxylation is 2. The van der Waals surface area contributed by atoms with E-state index in [1.165, 1.54) is 25.3 Å². The van der Waals surface area contributed by atoms with E-state index < -0.39 is 28.8 Å². The van der Waals surface area contributed by atoms with E-state index in [4.69, 9.17) is 9.47 Å². The Morgan fingerprint density at radius 3 is 2.06 bits per heavy atom. The number of Topliss-reactive ketones (excluding diaryl/α,β-unsaturated/α-hetero) is 2. The van der Waals surface area contributed by atoms with Gasteiger partial charge in [0, 0.05) is 5.56 Å². The van der Waals surface area contributed by atoms with Crippen LogP contribution in [0.3, 0.4) is 0 Å². The molecule has 0 aromatic heterocycles. The number of ketones is 2. The summed E-state index contributed by atoms with van der Waals surface area (Å²) in [5.41, 5.74) is 0.824. The maximum atomic E-state index is 12.8. The Hall–Kier alpha value is -4.00. The van der Waals surface area contributed by atoms with Crippen LogP contribution in [0.4, 0.5) is 0 Å². The number of benzene rings is 3. The van der Waals surface area contributed by atoms with Crippen molar-refractivity contribution < 1.29 is 34.4 Å². The summed E-state index contributed by atoms with van der Waals surface area (Å²) in [6.07, 6.45) is 0.715. The Kier molecular flexibility index (Phi) is 6.45. The smallest absolute Gasteiger partial charge is 0.237 e. The van der Waals surface area contributed by atoms with Crippen LogP contribution in [0.15, 0.2) is 54.6 Å². The Labute approximate surface area is 179 Å². The predicted octanol–water partition coefficient (Wildman–Crippen LogP) is 3.67. The molecular formula is C24H22O7. The van der Waals surface area contributed by atoms with E-state index in [1.807, 2.05) is 18.2 Å². The van der Waals surface area contributed by atoms with E-state index in [9.17, 15) is 24.9 Å². The molecule has 0 spiro atoms. The molecular weight excluding hydrogens is 400 g/mol. The van der Waals surface area contributed by atoms with E-state index in [-0.39, 0.29) is 23.1 Å². The molecule has 0 saturated carbocycles. The topological polar surface area (TPSA) is 113 Å². The highest BCUT2D eigenvalue weighted by molar-refractivity contribution is 6.49. The summed E-state index contributed by atoms with van der Waals surface area (Å²) in [5, 5.41) is 30.6. The summed E-state index contributed by atoms with van der Waals surface area (Å²) in [6, 6.07) is 14.6. The van der Waals surface area contributed by atoms with Crippen LogP contribution in [-0.4, -0.2) is 41.1 Å². The van der Waals surface area contributed by atoms with Crippen LogP contribution >= 0.6 is 0 Å². The minimum absolute atomic E-state index is 0.0780. The molecule has 0 aliphatic rings. The molecule has 3 N–H and O–H groups in total. The molecule has 0 fully saturated rings. The number of phenolic OH excluding ortho intramolecular Hbond substituents is 3. The van der Waals surface area contributed by atoms with Gasteiger partial charge < -0.3 is 24.8 Å². The molecule has 0 aliphatic carbocycles. The Balaban J connectivity index is 1.90. The Bertz CT molecular complexity index is 1130. The molecule has 0 unspecified atom stereocenters. The van der Waals surface area contributed by atoms with Crippen LogP contribution in [-0.2, 0) is 12.8 Å².